The molecule has 1 aromatic heterocycles. The lowest BCUT2D eigenvalue weighted by atomic mass is 9.94. The molecule has 8 heteroatoms. The summed E-state index contributed by atoms with van der Waals surface area (Å²) in [5.74, 6) is 0.201. The Morgan fingerprint density at radius 2 is 2.26 bits per heavy atom. The molecule has 0 bridgehead atoms. The number of aromatic nitrogens is 2. The summed E-state index contributed by atoms with van der Waals surface area (Å²) >= 11 is 6.03. The van der Waals surface area contributed by atoms with E-state index < -0.39 is 12.1 Å². The number of hydrogen-bond donors (Lipinski definition) is 3. The Labute approximate surface area is 137 Å². The molecule has 0 saturated carbocycles. The number of hydrogen-bond acceptors (Lipinski definition) is 4. The van der Waals surface area contributed by atoms with Crippen LogP contribution in [0.3, 0.4) is 0 Å². The van der Waals surface area contributed by atoms with Gasteiger partial charge in [-0.25, -0.2) is 14.8 Å². The Morgan fingerprint density at radius 1 is 1.43 bits per heavy atom. The van der Waals surface area contributed by atoms with E-state index >= 15 is 0 Å². The average molecular weight is 334 g/mol. The smallest absolute Gasteiger partial charge is 0.321 e. The highest BCUT2D eigenvalue weighted by atomic mass is 35.5. The number of anilines is 1. The normalized spacial score (nSPS) is 20.9. The van der Waals surface area contributed by atoms with Crippen molar-refractivity contribution < 1.29 is 9.59 Å². The first kappa shape index (κ1) is 15.5. The Bertz CT molecular complexity index is 767. The van der Waals surface area contributed by atoms with Crippen molar-refractivity contribution in [3.8, 4) is 0 Å². The summed E-state index contributed by atoms with van der Waals surface area (Å²) in [6.45, 7) is 2.57. The maximum atomic E-state index is 12.1. The van der Waals surface area contributed by atoms with Gasteiger partial charge in [0.25, 0.3) is 0 Å². The summed E-state index contributed by atoms with van der Waals surface area (Å²) in [4.78, 5) is 32.4. The zero-order valence-electron chi connectivity index (χ0n) is 12.5. The van der Waals surface area contributed by atoms with Crippen LogP contribution in [0.4, 0.5) is 10.6 Å². The molecule has 3 amide bonds. The summed E-state index contributed by atoms with van der Waals surface area (Å²) in [5, 5.41) is 8.50. The average Bonchev–Trinajstić information content (AvgIpc) is 2.51. The van der Waals surface area contributed by atoms with Crippen molar-refractivity contribution in [3.05, 3.63) is 29.4 Å². The highest BCUT2D eigenvalue weighted by Gasteiger charge is 2.30. The fraction of sp³-hybridized carbons (Fsp3) is 0.333. The maximum Gasteiger partial charge on any atom is 0.321 e. The predicted molar refractivity (Wildman–Crippen MR) is 87.3 cm³/mol. The number of fused-ring (bicyclic) bond motifs is 1. The maximum absolute atomic E-state index is 12.1. The van der Waals surface area contributed by atoms with Crippen LogP contribution < -0.4 is 16.0 Å². The lowest BCUT2D eigenvalue weighted by molar-refractivity contribution is -0.125. The monoisotopic (exact) mass is 333 g/mol. The van der Waals surface area contributed by atoms with Crippen LogP contribution in [0.25, 0.3) is 11.0 Å². The molecule has 120 valence electrons. The number of halogens is 1. The second kappa shape index (κ2) is 6.37. The van der Waals surface area contributed by atoms with Crippen LogP contribution in [0.5, 0.6) is 0 Å². The number of para-hydroxylation sites is 1. The van der Waals surface area contributed by atoms with Crippen LogP contribution in [-0.2, 0) is 4.79 Å². The highest BCUT2D eigenvalue weighted by molar-refractivity contribution is 6.34. The second-order valence-electron chi connectivity index (χ2n) is 5.50. The van der Waals surface area contributed by atoms with Gasteiger partial charge >= 0.3 is 6.03 Å². The first-order chi connectivity index (χ1) is 11.0. The van der Waals surface area contributed by atoms with Gasteiger partial charge in [-0.2, -0.15) is 0 Å². The van der Waals surface area contributed by atoms with Crippen molar-refractivity contribution in [1.29, 1.82) is 0 Å². The molecule has 0 spiro atoms. The van der Waals surface area contributed by atoms with Crippen molar-refractivity contribution in [2.45, 2.75) is 19.4 Å². The van der Waals surface area contributed by atoms with Crippen molar-refractivity contribution >= 4 is 40.4 Å². The number of nitrogens with one attached hydrogen (secondary N) is 3. The van der Waals surface area contributed by atoms with Crippen molar-refractivity contribution in [2.75, 3.05) is 11.9 Å². The lowest BCUT2D eigenvalue weighted by Crippen LogP contribution is -2.55. The lowest BCUT2D eigenvalue weighted by Gasteiger charge is -2.28. The third-order valence-corrected chi connectivity index (χ3v) is 4.11. The molecule has 3 N–H and O–H groups in total. The Balaban J connectivity index is 1.71. The molecule has 1 aliphatic heterocycles. The number of rotatable bonds is 2. The van der Waals surface area contributed by atoms with E-state index in [1.165, 1.54) is 6.20 Å². The number of benzene rings is 1. The molecule has 3 rings (SSSR count). The minimum absolute atomic E-state index is 0.0796. The van der Waals surface area contributed by atoms with Crippen LogP contribution in [0.2, 0.25) is 5.02 Å². The first-order valence-corrected chi connectivity index (χ1v) is 7.69. The number of carbonyl (C=O) groups excluding carboxylic acids is 2. The summed E-state index contributed by atoms with van der Waals surface area (Å²) in [5.41, 5.74) is 1.15. The molecule has 2 atom stereocenters. The summed E-state index contributed by atoms with van der Waals surface area (Å²) < 4.78 is 0. The fourth-order valence-corrected chi connectivity index (χ4v) is 2.74. The number of carbonyl (C=O) groups is 2. The molecule has 2 heterocycles. The van der Waals surface area contributed by atoms with Crippen molar-refractivity contribution in [1.82, 2.24) is 20.6 Å². The minimum atomic E-state index is -0.549. The molecule has 2 unspecified atom stereocenters. The van der Waals surface area contributed by atoms with E-state index in [1.807, 2.05) is 6.92 Å². The fourth-order valence-electron chi connectivity index (χ4n) is 2.53. The van der Waals surface area contributed by atoms with Crippen molar-refractivity contribution in [2.24, 2.45) is 5.92 Å². The van der Waals surface area contributed by atoms with E-state index in [0.717, 1.165) is 6.42 Å². The summed E-state index contributed by atoms with van der Waals surface area (Å²) in [6, 6.07) is 4.20. The summed E-state index contributed by atoms with van der Waals surface area (Å²) in [6.07, 6.45) is 2.25. The minimum Gasteiger partial charge on any atom is -0.354 e. The van der Waals surface area contributed by atoms with E-state index in [0.29, 0.717) is 28.4 Å². The van der Waals surface area contributed by atoms with Gasteiger partial charge in [0.05, 0.1) is 16.7 Å². The quantitative estimate of drug-likeness (QED) is 0.782. The van der Waals surface area contributed by atoms with Crippen molar-refractivity contribution in [3.63, 3.8) is 0 Å². The number of nitrogens with zero attached hydrogens (tertiary/aromatic N) is 2. The van der Waals surface area contributed by atoms with Gasteiger partial charge in [-0.05, 0) is 24.5 Å². The van der Waals surface area contributed by atoms with Crippen LogP contribution in [0.1, 0.15) is 13.3 Å². The van der Waals surface area contributed by atoms with Crippen LogP contribution in [0.15, 0.2) is 24.4 Å². The van der Waals surface area contributed by atoms with Gasteiger partial charge in [0.1, 0.15) is 11.6 Å². The second-order valence-corrected chi connectivity index (χ2v) is 5.90. The Hall–Kier alpha value is -2.41. The molecule has 0 aliphatic carbocycles. The third kappa shape index (κ3) is 3.34. The van der Waals surface area contributed by atoms with Crippen LogP contribution in [-0.4, -0.2) is 34.5 Å². The Morgan fingerprint density at radius 3 is 3.04 bits per heavy atom. The molecule has 7 nitrogen and oxygen atoms in total. The van der Waals surface area contributed by atoms with Gasteiger partial charge < -0.3 is 10.6 Å². The van der Waals surface area contributed by atoms with E-state index in [4.69, 9.17) is 11.6 Å². The molecule has 1 saturated heterocycles. The van der Waals surface area contributed by atoms with Crippen LogP contribution in [0, 0.1) is 5.92 Å². The van der Waals surface area contributed by atoms with E-state index in [2.05, 4.69) is 25.9 Å². The van der Waals surface area contributed by atoms with Gasteiger partial charge in [-0.3, -0.25) is 10.1 Å². The largest absolute Gasteiger partial charge is 0.354 e. The molecule has 1 fully saturated rings. The first-order valence-electron chi connectivity index (χ1n) is 7.31. The van der Waals surface area contributed by atoms with Gasteiger partial charge in [-0.1, -0.05) is 24.6 Å². The molecule has 2 aromatic rings. The predicted octanol–water partition coefficient (Wildman–Crippen LogP) is 1.93. The number of urea groups is 1. The van der Waals surface area contributed by atoms with E-state index in [-0.39, 0.29) is 11.8 Å². The van der Waals surface area contributed by atoms with E-state index in [1.54, 1.807) is 18.2 Å². The molecule has 0 radical (unpaired) electrons. The molecular formula is C15H16ClN5O2. The third-order valence-electron chi connectivity index (χ3n) is 3.80. The Kier molecular flexibility index (Phi) is 4.29. The van der Waals surface area contributed by atoms with Gasteiger partial charge in [-0.15, -0.1) is 0 Å². The number of amides is 3. The molecule has 1 aromatic carbocycles. The molecule has 1 aliphatic rings. The zero-order valence-corrected chi connectivity index (χ0v) is 13.2. The van der Waals surface area contributed by atoms with Gasteiger partial charge in [0.2, 0.25) is 5.91 Å². The molecule has 23 heavy (non-hydrogen) atoms. The van der Waals surface area contributed by atoms with Gasteiger partial charge in [0.15, 0.2) is 5.82 Å². The zero-order chi connectivity index (χ0) is 16.4. The van der Waals surface area contributed by atoms with Crippen LogP contribution >= 0.6 is 11.6 Å². The van der Waals surface area contributed by atoms with E-state index in [9.17, 15) is 9.59 Å². The number of piperidine rings is 1. The summed E-state index contributed by atoms with van der Waals surface area (Å²) in [7, 11) is 0. The SMILES string of the molecule is CC1CCNC(=O)C1NC(=O)Nc1cnc2c(Cl)cccc2n1. The topological polar surface area (TPSA) is 96.0 Å². The highest BCUT2D eigenvalue weighted by Crippen LogP contribution is 2.20. The standard InChI is InChI=1S/C15H16ClN5O2/c1-8-5-6-17-14(22)12(8)21-15(23)20-11-7-18-13-9(16)3-2-4-10(13)19-11/h2-4,7-8,12H,5-6H2,1H3,(H,17,22)(H2,19,20,21,23). The molecular weight excluding hydrogens is 318 g/mol. The van der Waals surface area contributed by atoms with Gasteiger partial charge in [0, 0.05) is 6.54 Å².